The van der Waals surface area contributed by atoms with Crippen LogP contribution in [0.2, 0.25) is 0 Å². The summed E-state index contributed by atoms with van der Waals surface area (Å²) >= 11 is 0. The Labute approximate surface area is 190 Å². The molecule has 0 atom stereocenters. The number of hydrogen-bond acceptors (Lipinski definition) is 3. The van der Waals surface area contributed by atoms with Crippen LogP contribution in [-0.4, -0.2) is 43.9 Å². The maximum atomic E-state index is 13.4. The van der Waals surface area contributed by atoms with Crippen LogP contribution >= 0.6 is 0 Å². The van der Waals surface area contributed by atoms with E-state index in [9.17, 15) is 9.59 Å². The van der Waals surface area contributed by atoms with Crippen LogP contribution in [0.4, 0.5) is 5.69 Å². The zero-order valence-corrected chi connectivity index (χ0v) is 19.0. The minimum Gasteiger partial charge on any atom is -0.355 e. The summed E-state index contributed by atoms with van der Waals surface area (Å²) in [5.41, 5.74) is 4.53. The predicted molar refractivity (Wildman–Crippen MR) is 130 cm³/mol. The third-order valence-corrected chi connectivity index (χ3v) is 5.22. The Morgan fingerprint density at radius 1 is 0.812 bits per heavy atom. The molecule has 0 radical (unpaired) electrons. The van der Waals surface area contributed by atoms with Crippen molar-refractivity contribution in [1.29, 1.82) is 0 Å². The molecular weight excluding hydrogens is 398 g/mol. The van der Waals surface area contributed by atoms with Crippen molar-refractivity contribution in [2.24, 2.45) is 0 Å². The van der Waals surface area contributed by atoms with Gasteiger partial charge in [-0.1, -0.05) is 60.2 Å². The van der Waals surface area contributed by atoms with Gasteiger partial charge >= 0.3 is 0 Å². The van der Waals surface area contributed by atoms with Crippen molar-refractivity contribution in [3.63, 3.8) is 0 Å². The second kappa shape index (κ2) is 11.3. The summed E-state index contributed by atoms with van der Waals surface area (Å²) in [6, 6.07) is 25.2. The molecule has 5 heteroatoms. The number of rotatable bonds is 9. The number of nitrogens with zero attached hydrogens (tertiary/aromatic N) is 2. The zero-order chi connectivity index (χ0) is 22.9. The molecule has 0 aliphatic heterocycles. The Hall–Kier alpha value is -3.44. The van der Waals surface area contributed by atoms with E-state index in [4.69, 9.17) is 0 Å². The van der Waals surface area contributed by atoms with E-state index in [1.54, 1.807) is 4.90 Å². The van der Waals surface area contributed by atoms with E-state index in [1.165, 1.54) is 0 Å². The highest BCUT2D eigenvalue weighted by Gasteiger charge is 2.18. The van der Waals surface area contributed by atoms with E-state index >= 15 is 0 Å². The van der Waals surface area contributed by atoms with Gasteiger partial charge in [0.25, 0.3) is 5.91 Å². The molecule has 0 aromatic heterocycles. The minimum atomic E-state index is -0.0527. The standard InChI is InChI=1S/C27H31N3O2/c1-21-9-13-24(14-10-21)27(32)30(20-23-7-5-4-6-8-23)25-15-11-22(12-16-25)19-26(31)28-17-18-29(2)3/h4-16H,17-20H2,1-3H3,(H,28,31). The summed E-state index contributed by atoms with van der Waals surface area (Å²) in [6.45, 7) is 3.91. The molecule has 0 heterocycles. The van der Waals surface area contributed by atoms with Gasteiger partial charge in [-0.15, -0.1) is 0 Å². The van der Waals surface area contributed by atoms with Crippen molar-refractivity contribution >= 4 is 17.5 Å². The van der Waals surface area contributed by atoms with Crippen LogP contribution in [0.5, 0.6) is 0 Å². The number of amides is 2. The molecule has 0 bridgehead atoms. The third-order valence-electron chi connectivity index (χ3n) is 5.22. The summed E-state index contributed by atoms with van der Waals surface area (Å²) in [6.07, 6.45) is 0.318. The van der Waals surface area contributed by atoms with E-state index in [0.29, 0.717) is 25.1 Å². The van der Waals surface area contributed by atoms with Crippen LogP contribution in [0.3, 0.4) is 0 Å². The summed E-state index contributed by atoms with van der Waals surface area (Å²) in [5, 5.41) is 2.93. The number of carbonyl (C=O) groups excluding carboxylic acids is 2. The molecule has 0 spiro atoms. The number of anilines is 1. The molecule has 32 heavy (non-hydrogen) atoms. The van der Waals surface area contributed by atoms with Gasteiger partial charge in [0.2, 0.25) is 5.91 Å². The highest BCUT2D eigenvalue weighted by molar-refractivity contribution is 6.06. The topological polar surface area (TPSA) is 52.7 Å². The number of benzene rings is 3. The first-order chi connectivity index (χ1) is 15.4. The van der Waals surface area contributed by atoms with Crippen molar-refractivity contribution in [3.05, 3.63) is 101 Å². The largest absolute Gasteiger partial charge is 0.355 e. The molecule has 2 amide bonds. The highest BCUT2D eigenvalue weighted by Crippen LogP contribution is 2.21. The Morgan fingerprint density at radius 3 is 2.09 bits per heavy atom. The second-order valence-electron chi connectivity index (χ2n) is 8.24. The number of nitrogens with one attached hydrogen (secondary N) is 1. The van der Waals surface area contributed by atoms with Crippen LogP contribution in [0.1, 0.15) is 27.0 Å². The Bertz CT molecular complexity index is 1010. The van der Waals surface area contributed by atoms with E-state index in [0.717, 1.165) is 28.9 Å². The van der Waals surface area contributed by atoms with Gasteiger partial charge in [0.05, 0.1) is 13.0 Å². The molecule has 0 saturated heterocycles. The van der Waals surface area contributed by atoms with Gasteiger partial charge < -0.3 is 15.1 Å². The van der Waals surface area contributed by atoms with E-state index < -0.39 is 0 Å². The maximum absolute atomic E-state index is 13.4. The molecule has 0 aliphatic rings. The lowest BCUT2D eigenvalue weighted by Gasteiger charge is -2.23. The highest BCUT2D eigenvalue weighted by atomic mass is 16.2. The van der Waals surface area contributed by atoms with E-state index in [2.05, 4.69) is 5.32 Å². The Kier molecular flexibility index (Phi) is 8.17. The molecule has 5 nitrogen and oxygen atoms in total. The fourth-order valence-electron chi connectivity index (χ4n) is 3.36. The summed E-state index contributed by atoms with van der Waals surface area (Å²) in [5.74, 6) is -0.0560. The van der Waals surface area contributed by atoms with Crippen LogP contribution < -0.4 is 10.2 Å². The molecule has 3 aromatic carbocycles. The first kappa shape index (κ1) is 23.2. The molecule has 0 fully saturated rings. The predicted octanol–water partition coefficient (Wildman–Crippen LogP) is 4.06. The Morgan fingerprint density at radius 2 is 1.47 bits per heavy atom. The van der Waals surface area contributed by atoms with Crippen LogP contribution in [0, 0.1) is 6.92 Å². The van der Waals surface area contributed by atoms with Crippen molar-refractivity contribution in [2.75, 3.05) is 32.1 Å². The molecule has 0 unspecified atom stereocenters. The molecule has 3 rings (SSSR count). The number of likely N-dealkylation sites (N-methyl/N-ethyl adjacent to an activating group) is 1. The SMILES string of the molecule is Cc1ccc(C(=O)N(Cc2ccccc2)c2ccc(CC(=O)NCCN(C)C)cc2)cc1. The Balaban J connectivity index is 1.76. The van der Waals surface area contributed by atoms with Crippen molar-refractivity contribution in [3.8, 4) is 0 Å². The smallest absolute Gasteiger partial charge is 0.258 e. The van der Waals surface area contributed by atoms with E-state index in [-0.39, 0.29) is 11.8 Å². The second-order valence-corrected chi connectivity index (χ2v) is 8.24. The van der Waals surface area contributed by atoms with Crippen molar-refractivity contribution in [1.82, 2.24) is 10.2 Å². The van der Waals surface area contributed by atoms with Gasteiger partial charge in [-0.05, 0) is 56.4 Å². The van der Waals surface area contributed by atoms with Crippen LogP contribution in [0.25, 0.3) is 0 Å². The van der Waals surface area contributed by atoms with Gasteiger partial charge in [0.1, 0.15) is 0 Å². The van der Waals surface area contributed by atoms with Crippen molar-refractivity contribution in [2.45, 2.75) is 19.9 Å². The molecule has 166 valence electrons. The monoisotopic (exact) mass is 429 g/mol. The average molecular weight is 430 g/mol. The molecule has 0 saturated carbocycles. The molecule has 1 N–H and O–H groups in total. The van der Waals surface area contributed by atoms with Crippen LogP contribution in [0.15, 0.2) is 78.9 Å². The lowest BCUT2D eigenvalue weighted by Crippen LogP contribution is -2.32. The molecule has 0 aliphatic carbocycles. The zero-order valence-electron chi connectivity index (χ0n) is 19.0. The lowest BCUT2D eigenvalue weighted by molar-refractivity contribution is -0.120. The first-order valence-corrected chi connectivity index (χ1v) is 10.8. The van der Waals surface area contributed by atoms with E-state index in [1.807, 2.05) is 105 Å². The first-order valence-electron chi connectivity index (χ1n) is 10.8. The number of carbonyl (C=O) groups is 2. The average Bonchev–Trinajstić information content (AvgIpc) is 2.79. The van der Waals surface area contributed by atoms with Gasteiger partial charge in [-0.2, -0.15) is 0 Å². The van der Waals surface area contributed by atoms with Crippen LogP contribution in [-0.2, 0) is 17.8 Å². The van der Waals surface area contributed by atoms with Gasteiger partial charge in [-0.25, -0.2) is 0 Å². The molecule has 3 aromatic rings. The van der Waals surface area contributed by atoms with Gasteiger partial charge in [0.15, 0.2) is 0 Å². The molecular formula is C27H31N3O2. The number of aryl methyl sites for hydroxylation is 1. The van der Waals surface area contributed by atoms with Gasteiger partial charge in [0, 0.05) is 24.3 Å². The minimum absolute atomic E-state index is 0.00327. The summed E-state index contributed by atoms with van der Waals surface area (Å²) in [4.78, 5) is 29.3. The fraction of sp³-hybridized carbons (Fsp3) is 0.259. The summed E-state index contributed by atoms with van der Waals surface area (Å²) in [7, 11) is 3.95. The van der Waals surface area contributed by atoms with Gasteiger partial charge in [-0.3, -0.25) is 9.59 Å². The lowest BCUT2D eigenvalue weighted by atomic mass is 10.1. The fourth-order valence-corrected chi connectivity index (χ4v) is 3.36. The number of hydrogen-bond donors (Lipinski definition) is 1. The summed E-state index contributed by atoms with van der Waals surface area (Å²) < 4.78 is 0. The van der Waals surface area contributed by atoms with Crippen molar-refractivity contribution < 1.29 is 9.59 Å². The quantitative estimate of drug-likeness (QED) is 0.558. The normalized spacial score (nSPS) is 10.8. The maximum Gasteiger partial charge on any atom is 0.258 e. The third kappa shape index (κ3) is 6.79.